The molecule has 0 saturated carbocycles. The monoisotopic (exact) mass is 270 g/mol. The van der Waals surface area contributed by atoms with Gasteiger partial charge < -0.3 is 0 Å². The van der Waals surface area contributed by atoms with Crippen LogP contribution in [0, 0.1) is 13.8 Å². The summed E-state index contributed by atoms with van der Waals surface area (Å²) in [4.78, 5) is 0. The van der Waals surface area contributed by atoms with Crippen molar-refractivity contribution in [3.8, 4) is 0 Å². The van der Waals surface area contributed by atoms with Crippen LogP contribution >= 0.6 is 0 Å². The summed E-state index contributed by atoms with van der Waals surface area (Å²) in [6.45, 7) is 4.07. The Bertz CT molecular complexity index is 498. The number of benzene rings is 1. The molecule has 0 aliphatic heterocycles. The van der Waals surface area contributed by atoms with Gasteiger partial charge in [0.25, 0.3) is 0 Å². The Morgan fingerprint density at radius 2 is 2.00 bits per heavy atom. The van der Waals surface area contributed by atoms with Crippen LogP contribution in [0.4, 0.5) is 0 Å². The lowest BCUT2D eigenvalue weighted by Gasteiger charge is -2.19. The molecule has 0 aromatic heterocycles. The standard InChI is InChI=1S/C13H22N2O2S/c1-10-6-7-11(2)12(9-10)13(15-14)5-4-8-18(3,16)17/h6-7,9,13,15H,4-5,8,14H2,1-3H3. The number of sulfone groups is 1. The van der Waals surface area contributed by atoms with Crippen molar-refractivity contribution < 1.29 is 8.42 Å². The van der Waals surface area contributed by atoms with Crippen molar-refractivity contribution in [2.24, 2.45) is 5.84 Å². The van der Waals surface area contributed by atoms with E-state index >= 15 is 0 Å². The summed E-state index contributed by atoms with van der Waals surface area (Å²) in [7, 11) is -2.90. The molecule has 4 nitrogen and oxygen atoms in total. The van der Waals surface area contributed by atoms with Crippen LogP contribution in [0.2, 0.25) is 0 Å². The molecule has 1 unspecified atom stereocenters. The number of hydrogen-bond acceptors (Lipinski definition) is 4. The van der Waals surface area contributed by atoms with E-state index in [1.807, 2.05) is 13.8 Å². The van der Waals surface area contributed by atoms with Gasteiger partial charge in [-0.3, -0.25) is 11.3 Å². The predicted molar refractivity (Wildman–Crippen MR) is 74.9 cm³/mol. The average Bonchev–Trinajstić information content (AvgIpc) is 2.27. The summed E-state index contributed by atoms with van der Waals surface area (Å²) in [5, 5.41) is 0. The fraction of sp³-hybridized carbons (Fsp3) is 0.538. The minimum Gasteiger partial charge on any atom is -0.271 e. The van der Waals surface area contributed by atoms with E-state index < -0.39 is 9.84 Å². The molecule has 0 aliphatic carbocycles. The van der Waals surface area contributed by atoms with Crippen molar-refractivity contribution in [1.29, 1.82) is 0 Å². The van der Waals surface area contributed by atoms with Gasteiger partial charge in [0.05, 0.1) is 0 Å². The Hall–Kier alpha value is -0.910. The first-order chi connectivity index (χ1) is 8.33. The average molecular weight is 270 g/mol. The normalized spacial score (nSPS) is 13.6. The van der Waals surface area contributed by atoms with Crippen LogP contribution in [0.3, 0.4) is 0 Å². The van der Waals surface area contributed by atoms with Crippen LogP contribution < -0.4 is 11.3 Å². The van der Waals surface area contributed by atoms with Gasteiger partial charge in [-0.05, 0) is 37.8 Å². The Labute approximate surface area is 109 Å². The van der Waals surface area contributed by atoms with Gasteiger partial charge in [0.1, 0.15) is 9.84 Å². The maximum Gasteiger partial charge on any atom is 0.147 e. The highest BCUT2D eigenvalue weighted by Crippen LogP contribution is 2.22. The molecule has 1 aromatic carbocycles. The second-order valence-electron chi connectivity index (χ2n) is 4.85. The van der Waals surface area contributed by atoms with Gasteiger partial charge in [0.2, 0.25) is 0 Å². The topological polar surface area (TPSA) is 72.2 Å². The third-order valence-corrected chi connectivity index (χ3v) is 4.05. The Kier molecular flexibility index (Phi) is 5.31. The van der Waals surface area contributed by atoms with Gasteiger partial charge in [-0.15, -0.1) is 0 Å². The number of hydrazine groups is 1. The van der Waals surface area contributed by atoms with Crippen LogP contribution in [0.5, 0.6) is 0 Å². The summed E-state index contributed by atoms with van der Waals surface area (Å²) < 4.78 is 22.2. The lowest BCUT2D eigenvalue weighted by Crippen LogP contribution is -2.29. The van der Waals surface area contributed by atoms with E-state index in [4.69, 9.17) is 5.84 Å². The lowest BCUT2D eigenvalue weighted by molar-refractivity contribution is 0.505. The van der Waals surface area contributed by atoms with Gasteiger partial charge in [0, 0.05) is 18.1 Å². The van der Waals surface area contributed by atoms with Crippen LogP contribution in [0.15, 0.2) is 18.2 Å². The molecular formula is C13H22N2O2S. The first-order valence-corrected chi connectivity index (χ1v) is 8.10. The second-order valence-corrected chi connectivity index (χ2v) is 7.11. The van der Waals surface area contributed by atoms with Crippen molar-refractivity contribution in [1.82, 2.24) is 5.43 Å². The molecule has 1 aromatic rings. The highest BCUT2D eigenvalue weighted by atomic mass is 32.2. The van der Waals surface area contributed by atoms with Crippen molar-refractivity contribution in [3.63, 3.8) is 0 Å². The van der Waals surface area contributed by atoms with Crippen molar-refractivity contribution in [2.45, 2.75) is 32.7 Å². The zero-order valence-corrected chi connectivity index (χ0v) is 12.0. The third-order valence-electron chi connectivity index (χ3n) is 3.02. The van der Waals surface area contributed by atoms with Crippen LogP contribution in [0.1, 0.15) is 35.6 Å². The van der Waals surface area contributed by atoms with E-state index in [0.717, 1.165) is 5.56 Å². The van der Waals surface area contributed by atoms with Gasteiger partial charge in [-0.25, -0.2) is 8.42 Å². The molecule has 5 heteroatoms. The minimum absolute atomic E-state index is 0.00616. The SMILES string of the molecule is Cc1ccc(C)c(C(CCCS(C)(=O)=O)NN)c1. The molecule has 1 rings (SSSR count). The molecule has 3 N–H and O–H groups in total. The molecule has 0 spiro atoms. The quantitative estimate of drug-likeness (QED) is 0.609. The van der Waals surface area contributed by atoms with E-state index in [9.17, 15) is 8.42 Å². The Morgan fingerprint density at radius 1 is 1.33 bits per heavy atom. The zero-order valence-electron chi connectivity index (χ0n) is 11.2. The van der Waals surface area contributed by atoms with E-state index in [1.54, 1.807) is 0 Å². The van der Waals surface area contributed by atoms with Gasteiger partial charge in [0.15, 0.2) is 0 Å². The molecule has 102 valence electrons. The first kappa shape index (κ1) is 15.1. The summed E-state index contributed by atoms with van der Waals surface area (Å²) in [6.07, 6.45) is 2.59. The molecular weight excluding hydrogens is 248 g/mol. The number of rotatable bonds is 6. The summed E-state index contributed by atoms with van der Waals surface area (Å²) in [5.74, 6) is 5.78. The summed E-state index contributed by atoms with van der Waals surface area (Å²) >= 11 is 0. The van der Waals surface area contributed by atoms with E-state index in [1.165, 1.54) is 17.4 Å². The first-order valence-electron chi connectivity index (χ1n) is 6.04. The largest absolute Gasteiger partial charge is 0.271 e. The lowest BCUT2D eigenvalue weighted by atomic mass is 9.96. The molecule has 0 heterocycles. The van der Waals surface area contributed by atoms with Gasteiger partial charge in [-0.2, -0.15) is 0 Å². The van der Waals surface area contributed by atoms with E-state index in [2.05, 4.69) is 23.6 Å². The molecule has 0 aliphatic rings. The molecule has 0 amide bonds. The molecule has 1 atom stereocenters. The number of nitrogens with one attached hydrogen (secondary N) is 1. The van der Waals surface area contributed by atoms with Crippen molar-refractivity contribution in [2.75, 3.05) is 12.0 Å². The van der Waals surface area contributed by atoms with Crippen LogP contribution in [-0.4, -0.2) is 20.4 Å². The van der Waals surface area contributed by atoms with Gasteiger partial charge in [-0.1, -0.05) is 23.8 Å². The number of aryl methyl sites for hydroxylation is 2. The minimum atomic E-state index is -2.90. The Morgan fingerprint density at radius 3 is 2.56 bits per heavy atom. The van der Waals surface area contributed by atoms with Crippen LogP contribution in [0.25, 0.3) is 0 Å². The number of hydrogen-bond donors (Lipinski definition) is 2. The third kappa shape index (κ3) is 4.76. The van der Waals surface area contributed by atoms with Crippen LogP contribution in [-0.2, 0) is 9.84 Å². The fourth-order valence-electron chi connectivity index (χ4n) is 2.01. The van der Waals surface area contributed by atoms with E-state index in [0.29, 0.717) is 12.8 Å². The van der Waals surface area contributed by atoms with Crippen molar-refractivity contribution >= 4 is 9.84 Å². The molecule has 0 saturated heterocycles. The molecule has 0 bridgehead atoms. The molecule has 0 fully saturated rings. The highest BCUT2D eigenvalue weighted by molar-refractivity contribution is 7.90. The smallest absolute Gasteiger partial charge is 0.147 e. The maximum atomic E-state index is 11.1. The maximum absolute atomic E-state index is 11.1. The molecule has 0 radical (unpaired) electrons. The summed E-state index contributed by atoms with van der Waals surface area (Å²) in [5.41, 5.74) is 6.27. The fourth-order valence-corrected chi connectivity index (χ4v) is 2.70. The Balaban J connectivity index is 2.74. The number of nitrogens with two attached hydrogens (primary N) is 1. The predicted octanol–water partition coefficient (Wildman–Crippen LogP) is 1.63. The second kappa shape index (κ2) is 6.31. The van der Waals surface area contributed by atoms with Crippen molar-refractivity contribution in [3.05, 3.63) is 34.9 Å². The van der Waals surface area contributed by atoms with E-state index in [-0.39, 0.29) is 11.8 Å². The van der Waals surface area contributed by atoms with Gasteiger partial charge >= 0.3 is 0 Å². The zero-order chi connectivity index (χ0) is 13.8. The highest BCUT2D eigenvalue weighted by Gasteiger charge is 2.13. The summed E-state index contributed by atoms with van der Waals surface area (Å²) in [6, 6.07) is 6.22. The molecule has 18 heavy (non-hydrogen) atoms.